The Bertz CT molecular complexity index is 607. The normalized spacial score (nSPS) is 21.2. The number of likely N-dealkylation sites (tertiary alicyclic amines) is 1. The van der Waals surface area contributed by atoms with Crippen molar-refractivity contribution in [2.75, 3.05) is 20.1 Å². The third-order valence-electron chi connectivity index (χ3n) is 5.68. The molecule has 0 aromatic heterocycles. The van der Waals surface area contributed by atoms with Crippen molar-refractivity contribution in [3.63, 3.8) is 0 Å². The zero-order chi connectivity index (χ0) is 17.1. The topological polar surface area (TPSA) is 40.6 Å². The molecule has 3 rings (SSSR count). The molecular formula is C20H28N2O2. The predicted molar refractivity (Wildman–Crippen MR) is 95.1 cm³/mol. The van der Waals surface area contributed by atoms with Gasteiger partial charge in [0.05, 0.1) is 0 Å². The lowest BCUT2D eigenvalue weighted by Gasteiger charge is -2.29. The summed E-state index contributed by atoms with van der Waals surface area (Å²) in [6.45, 7) is 3.46. The van der Waals surface area contributed by atoms with Gasteiger partial charge in [0.15, 0.2) is 0 Å². The summed E-state index contributed by atoms with van der Waals surface area (Å²) in [5, 5.41) is 0. The van der Waals surface area contributed by atoms with Gasteiger partial charge in [0.25, 0.3) is 11.8 Å². The second kappa shape index (κ2) is 7.37. The average Bonchev–Trinajstić information content (AvgIpc) is 3.30. The van der Waals surface area contributed by atoms with Gasteiger partial charge in [-0.25, -0.2) is 0 Å². The molecule has 1 aliphatic carbocycles. The molecule has 0 spiro atoms. The average molecular weight is 328 g/mol. The fourth-order valence-electron chi connectivity index (χ4n) is 4.19. The van der Waals surface area contributed by atoms with Crippen molar-refractivity contribution in [1.82, 2.24) is 9.80 Å². The van der Waals surface area contributed by atoms with Crippen LogP contribution in [0.5, 0.6) is 0 Å². The number of carbonyl (C=O) groups is 2. The maximum absolute atomic E-state index is 13.0. The van der Waals surface area contributed by atoms with E-state index >= 15 is 0 Å². The van der Waals surface area contributed by atoms with E-state index in [9.17, 15) is 9.59 Å². The zero-order valence-corrected chi connectivity index (χ0v) is 14.8. The summed E-state index contributed by atoms with van der Waals surface area (Å²) in [4.78, 5) is 29.1. The maximum atomic E-state index is 13.0. The molecule has 0 bridgehead atoms. The van der Waals surface area contributed by atoms with Crippen LogP contribution >= 0.6 is 0 Å². The summed E-state index contributed by atoms with van der Waals surface area (Å²) in [6.07, 6.45) is 7.35. The van der Waals surface area contributed by atoms with E-state index in [2.05, 4.69) is 4.90 Å². The van der Waals surface area contributed by atoms with Gasteiger partial charge in [-0.15, -0.1) is 0 Å². The van der Waals surface area contributed by atoms with E-state index in [-0.39, 0.29) is 11.8 Å². The van der Waals surface area contributed by atoms with Crippen LogP contribution in [0.1, 0.15) is 66.2 Å². The number of nitrogens with zero attached hydrogens (tertiary/aromatic N) is 2. The molecule has 2 fully saturated rings. The molecule has 4 nitrogen and oxygen atoms in total. The van der Waals surface area contributed by atoms with Crippen LogP contribution in [-0.4, -0.2) is 47.8 Å². The number of carbonyl (C=O) groups excluding carboxylic acids is 2. The SMILES string of the molecule is CCN(C)C(=O)c1cccc(C(=O)N2CCCC2C2CCCC2)c1. The minimum atomic E-state index is -0.0269. The van der Waals surface area contributed by atoms with Crippen molar-refractivity contribution >= 4 is 11.8 Å². The van der Waals surface area contributed by atoms with Crippen LogP contribution in [0, 0.1) is 5.92 Å². The molecule has 1 atom stereocenters. The standard InChI is InChI=1S/C20H28N2O2/c1-3-21(2)19(23)16-10-6-11-17(14-16)20(24)22-13-7-12-18(22)15-8-4-5-9-15/h6,10-11,14-15,18H,3-5,7-9,12-13H2,1-2H3. The number of rotatable bonds is 4. The Kier molecular flexibility index (Phi) is 5.22. The summed E-state index contributed by atoms with van der Waals surface area (Å²) >= 11 is 0. The zero-order valence-electron chi connectivity index (χ0n) is 14.8. The Morgan fingerprint density at radius 3 is 2.54 bits per heavy atom. The summed E-state index contributed by atoms with van der Waals surface area (Å²) < 4.78 is 0. The minimum absolute atomic E-state index is 0.0269. The third kappa shape index (κ3) is 3.33. The summed E-state index contributed by atoms with van der Waals surface area (Å²) in [6, 6.07) is 7.63. The van der Waals surface area contributed by atoms with Crippen LogP contribution in [0.15, 0.2) is 24.3 Å². The highest BCUT2D eigenvalue weighted by atomic mass is 16.2. The van der Waals surface area contributed by atoms with Crippen molar-refractivity contribution in [3.05, 3.63) is 35.4 Å². The van der Waals surface area contributed by atoms with E-state index in [1.54, 1.807) is 24.1 Å². The molecule has 1 unspecified atom stereocenters. The quantitative estimate of drug-likeness (QED) is 0.848. The minimum Gasteiger partial charge on any atom is -0.342 e. The molecule has 4 heteroatoms. The molecule has 130 valence electrons. The Labute approximate surface area is 144 Å². The molecule has 0 N–H and O–H groups in total. The van der Waals surface area contributed by atoms with Gasteiger partial charge in [-0.1, -0.05) is 18.9 Å². The van der Waals surface area contributed by atoms with E-state index in [0.717, 1.165) is 19.4 Å². The van der Waals surface area contributed by atoms with Crippen molar-refractivity contribution in [1.29, 1.82) is 0 Å². The number of amides is 2. The van der Waals surface area contributed by atoms with Crippen molar-refractivity contribution in [2.24, 2.45) is 5.92 Å². The number of hydrogen-bond donors (Lipinski definition) is 0. The molecule has 1 saturated carbocycles. The smallest absolute Gasteiger partial charge is 0.254 e. The maximum Gasteiger partial charge on any atom is 0.254 e. The van der Waals surface area contributed by atoms with E-state index in [0.29, 0.717) is 29.6 Å². The van der Waals surface area contributed by atoms with Crippen LogP contribution in [0.25, 0.3) is 0 Å². The molecule has 1 heterocycles. The fourth-order valence-corrected chi connectivity index (χ4v) is 4.19. The lowest BCUT2D eigenvalue weighted by molar-refractivity contribution is 0.0689. The highest BCUT2D eigenvalue weighted by molar-refractivity contribution is 5.99. The first-order chi connectivity index (χ1) is 11.6. The van der Waals surface area contributed by atoms with E-state index in [1.807, 2.05) is 19.1 Å². The van der Waals surface area contributed by atoms with Crippen LogP contribution in [0.2, 0.25) is 0 Å². The van der Waals surface area contributed by atoms with Gasteiger partial charge in [0, 0.05) is 37.3 Å². The van der Waals surface area contributed by atoms with Crippen molar-refractivity contribution < 1.29 is 9.59 Å². The molecule has 2 amide bonds. The first kappa shape index (κ1) is 17.0. The van der Waals surface area contributed by atoms with Crippen LogP contribution in [-0.2, 0) is 0 Å². The van der Waals surface area contributed by atoms with Gasteiger partial charge in [-0.3, -0.25) is 9.59 Å². The van der Waals surface area contributed by atoms with Crippen LogP contribution in [0.3, 0.4) is 0 Å². The summed E-state index contributed by atoms with van der Waals surface area (Å²) in [5.74, 6) is 0.742. The molecular weight excluding hydrogens is 300 g/mol. The van der Waals surface area contributed by atoms with Crippen LogP contribution < -0.4 is 0 Å². The second-order valence-corrected chi connectivity index (χ2v) is 7.15. The predicted octanol–water partition coefficient (Wildman–Crippen LogP) is 3.57. The third-order valence-corrected chi connectivity index (χ3v) is 5.68. The van der Waals surface area contributed by atoms with Gasteiger partial charge < -0.3 is 9.80 Å². The first-order valence-corrected chi connectivity index (χ1v) is 9.28. The molecule has 0 radical (unpaired) electrons. The highest BCUT2D eigenvalue weighted by Crippen LogP contribution is 2.36. The number of benzene rings is 1. The Hall–Kier alpha value is -1.84. The number of hydrogen-bond acceptors (Lipinski definition) is 2. The van der Waals surface area contributed by atoms with Gasteiger partial charge >= 0.3 is 0 Å². The van der Waals surface area contributed by atoms with Crippen LogP contribution in [0.4, 0.5) is 0 Å². The van der Waals surface area contributed by atoms with Gasteiger partial charge in [-0.05, 0) is 56.7 Å². The molecule has 1 aromatic rings. The molecule has 2 aliphatic rings. The monoisotopic (exact) mass is 328 g/mol. The van der Waals surface area contributed by atoms with Gasteiger partial charge in [0.2, 0.25) is 0 Å². The van der Waals surface area contributed by atoms with E-state index in [4.69, 9.17) is 0 Å². The Morgan fingerprint density at radius 2 is 1.83 bits per heavy atom. The highest BCUT2D eigenvalue weighted by Gasteiger charge is 2.36. The second-order valence-electron chi connectivity index (χ2n) is 7.15. The summed E-state index contributed by atoms with van der Waals surface area (Å²) in [5.41, 5.74) is 1.25. The Balaban J connectivity index is 1.78. The first-order valence-electron chi connectivity index (χ1n) is 9.28. The largest absolute Gasteiger partial charge is 0.342 e. The lowest BCUT2D eigenvalue weighted by atomic mass is 9.95. The fraction of sp³-hybridized carbons (Fsp3) is 0.600. The van der Waals surface area contributed by atoms with Gasteiger partial charge in [-0.2, -0.15) is 0 Å². The van der Waals surface area contributed by atoms with E-state index in [1.165, 1.54) is 25.7 Å². The van der Waals surface area contributed by atoms with Crippen molar-refractivity contribution in [2.45, 2.75) is 51.5 Å². The van der Waals surface area contributed by atoms with E-state index < -0.39 is 0 Å². The molecule has 1 aromatic carbocycles. The van der Waals surface area contributed by atoms with Crippen molar-refractivity contribution in [3.8, 4) is 0 Å². The lowest BCUT2D eigenvalue weighted by Crippen LogP contribution is -2.39. The summed E-state index contributed by atoms with van der Waals surface area (Å²) in [7, 11) is 1.79. The molecule has 24 heavy (non-hydrogen) atoms. The van der Waals surface area contributed by atoms with Gasteiger partial charge in [0.1, 0.15) is 0 Å². The molecule has 1 saturated heterocycles. The Morgan fingerprint density at radius 1 is 1.12 bits per heavy atom. The molecule has 1 aliphatic heterocycles.